The van der Waals surface area contributed by atoms with Crippen molar-refractivity contribution in [2.75, 3.05) is 9.80 Å². The van der Waals surface area contributed by atoms with Crippen LogP contribution >= 0.6 is 11.3 Å². The lowest BCUT2D eigenvalue weighted by Crippen LogP contribution is -2.61. The highest BCUT2D eigenvalue weighted by Gasteiger charge is 2.52. The van der Waals surface area contributed by atoms with Crippen molar-refractivity contribution in [3.05, 3.63) is 184 Å². The SMILES string of the molecule is CC(C)(C)c1ccc(N2c3ccc(C(C)(C)C)cc3B3c4sc5cc6c(cc5c4N(c4ccc(C(C)(C)C)cc4)c4c3c2cc2c4C(C)(C)c3ccccc3C2(C)C)-c2ccccc2C6(C)C)cc1. The first-order chi connectivity index (χ1) is 32.4. The van der Waals surface area contributed by atoms with Crippen LogP contribution in [0.1, 0.15) is 154 Å². The van der Waals surface area contributed by atoms with E-state index in [1.807, 2.05) is 11.3 Å². The summed E-state index contributed by atoms with van der Waals surface area (Å²) in [5, 5.41) is 1.34. The van der Waals surface area contributed by atoms with Crippen LogP contribution < -0.4 is 25.5 Å². The van der Waals surface area contributed by atoms with Crippen molar-refractivity contribution >= 4 is 78.0 Å². The first kappa shape index (κ1) is 44.4. The van der Waals surface area contributed by atoms with Gasteiger partial charge in [-0.3, -0.25) is 0 Å². The Balaban J connectivity index is 1.27. The van der Waals surface area contributed by atoms with Crippen LogP contribution in [0.2, 0.25) is 0 Å². The molecule has 0 atom stereocenters. The van der Waals surface area contributed by atoms with Gasteiger partial charge in [0.2, 0.25) is 0 Å². The summed E-state index contributed by atoms with van der Waals surface area (Å²) in [6, 6.07) is 52.9. The van der Waals surface area contributed by atoms with Crippen molar-refractivity contribution in [2.45, 2.75) is 136 Å². The number of anilines is 6. The second-order valence-electron chi connectivity index (χ2n) is 25.5. The number of thiophene rings is 1. The molecule has 0 fully saturated rings. The summed E-state index contributed by atoms with van der Waals surface area (Å²) in [4.78, 5) is 5.40. The summed E-state index contributed by atoms with van der Waals surface area (Å²) < 4.78 is 2.79. The molecule has 0 radical (unpaired) electrons. The van der Waals surface area contributed by atoms with Crippen LogP contribution in [0.4, 0.5) is 34.1 Å². The van der Waals surface area contributed by atoms with Gasteiger partial charge in [-0.25, -0.2) is 0 Å². The Bertz CT molecular complexity index is 3470. The normalized spacial score (nSPS) is 16.9. The van der Waals surface area contributed by atoms with Gasteiger partial charge < -0.3 is 9.80 Å². The topological polar surface area (TPSA) is 6.48 Å². The van der Waals surface area contributed by atoms with Gasteiger partial charge in [-0.2, -0.15) is 0 Å². The number of hydrogen-bond acceptors (Lipinski definition) is 3. The summed E-state index contributed by atoms with van der Waals surface area (Å²) >= 11 is 2.03. The number of hydrogen-bond donors (Lipinski definition) is 0. The van der Waals surface area contributed by atoms with E-state index in [-0.39, 0.29) is 39.2 Å². The minimum absolute atomic E-state index is 0.00594. The maximum absolute atomic E-state index is 2.76. The lowest BCUT2D eigenvalue weighted by Gasteiger charge is -2.51. The Morgan fingerprint density at radius 3 is 1.55 bits per heavy atom. The van der Waals surface area contributed by atoms with Crippen molar-refractivity contribution in [2.24, 2.45) is 0 Å². The molecule has 4 aliphatic rings. The average molecular weight is 919 g/mol. The Labute approximate surface area is 416 Å². The number of fused-ring (bicyclic) bond motifs is 12. The molecule has 8 aromatic rings. The van der Waals surface area contributed by atoms with Crippen molar-refractivity contribution in [1.82, 2.24) is 0 Å². The molecule has 2 aliphatic carbocycles. The van der Waals surface area contributed by atoms with E-state index in [2.05, 4.69) is 247 Å². The van der Waals surface area contributed by atoms with Crippen LogP contribution in [0.25, 0.3) is 21.2 Å². The summed E-state index contributed by atoms with van der Waals surface area (Å²) in [6.45, 7) is 35.9. The fourth-order valence-electron chi connectivity index (χ4n) is 13.0. The molecule has 2 nitrogen and oxygen atoms in total. The van der Waals surface area contributed by atoms with Gasteiger partial charge in [0.1, 0.15) is 0 Å². The molecule has 0 bridgehead atoms. The zero-order valence-electron chi connectivity index (χ0n) is 43.6. The van der Waals surface area contributed by atoms with E-state index >= 15 is 0 Å². The monoisotopic (exact) mass is 919 g/mol. The van der Waals surface area contributed by atoms with Crippen molar-refractivity contribution in [1.29, 1.82) is 0 Å². The maximum Gasteiger partial charge on any atom is 0.264 e. The van der Waals surface area contributed by atoms with Crippen LogP contribution in [0.15, 0.2) is 133 Å². The Morgan fingerprint density at radius 1 is 0.435 bits per heavy atom. The second-order valence-corrected chi connectivity index (χ2v) is 26.6. The minimum Gasteiger partial charge on any atom is -0.311 e. The number of nitrogens with zero attached hydrogens (tertiary/aromatic N) is 2. The standard InChI is InChI=1S/C65H67BN2S/c1-60(2,3)38-24-29-41(30-25-38)67-52-33-28-40(62(7,8)9)34-51(52)66-56-53(67)36-50-55(65(14,15)48-23-19-18-22-47(48)64(50,12)13)58(56)68(42-31-26-39(27-32-42)61(4,5)6)57-45-35-44-43-20-16-17-21-46(43)63(10,11)49(44)37-54(45)69-59(57)66/h16-37H,1-15H3. The zero-order chi connectivity index (χ0) is 48.7. The largest absolute Gasteiger partial charge is 0.311 e. The maximum atomic E-state index is 2.76. The van der Waals surface area contributed by atoms with Crippen LogP contribution in [-0.2, 0) is 32.5 Å². The zero-order valence-corrected chi connectivity index (χ0v) is 44.4. The van der Waals surface area contributed by atoms with E-state index < -0.39 is 0 Å². The van der Waals surface area contributed by atoms with Crippen molar-refractivity contribution < 1.29 is 0 Å². The molecule has 12 rings (SSSR count). The van der Waals surface area contributed by atoms with Gasteiger partial charge in [0.05, 0.1) is 5.69 Å². The third-order valence-corrected chi connectivity index (χ3v) is 18.2. The molecule has 0 N–H and O–H groups in total. The predicted molar refractivity (Wildman–Crippen MR) is 300 cm³/mol. The molecule has 69 heavy (non-hydrogen) atoms. The molecule has 0 saturated heterocycles. The van der Waals surface area contributed by atoms with Crippen LogP contribution in [0.3, 0.4) is 0 Å². The fraction of sp³-hybridized carbons (Fsp3) is 0.323. The molecule has 7 aromatic carbocycles. The highest BCUT2D eigenvalue weighted by atomic mass is 32.1. The van der Waals surface area contributed by atoms with Gasteiger partial charge in [0.15, 0.2) is 0 Å². The molecule has 0 saturated carbocycles. The smallest absolute Gasteiger partial charge is 0.264 e. The summed E-state index contributed by atoms with van der Waals surface area (Å²) in [5.74, 6) is 0. The molecule has 4 heteroatoms. The van der Waals surface area contributed by atoms with Gasteiger partial charge in [0.25, 0.3) is 6.71 Å². The molecule has 0 spiro atoms. The van der Waals surface area contributed by atoms with E-state index in [1.165, 1.54) is 121 Å². The third-order valence-electron chi connectivity index (χ3n) is 16.9. The van der Waals surface area contributed by atoms with Gasteiger partial charge in [-0.05, 0) is 137 Å². The highest BCUT2D eigenvalue weighted by Crippen LogP contribution is 2.59. The van der Waals surface area contributed by atoms with E-state index in [4.69, 9.17) is 0 Å². The van der Waals surface area contributed by atoms with Gasteiger partial charge in [-0.15, -0.1) is 11.3 Å². The molecule has 0 amide bonds. The van der Waals surface area contributed by atoms with E-state index in [0.717, 1.165) is 0 Å². The minimum atomic E-state index is -0.319. The lowest BCUT2D eigenvalue weighted by atomic mass is 9.35. The second kappa shape index (κ2) is 14.2. The fourth-order valence-corrected chi connectivity index (χ4v) is 14.3. The van der Waals surface area contributed by atoms with Crippen molar-refractivity contribution in [3.8, 4) is 11.1 Å². The van der Waals surface area contributed by atoms with E-state index in [0.29, 0.717) is 0 Å². The third kappa shape index (κ3) is 6.16. The molecule has 3 heterocycles. The van der Waals surface area contributed by atoms with Crippen LogP contribution in [0.5, 0.6) is 0 Å². The first-order valence-corrected chi connectivity index (χ1v) is 26.2. The Hall–Kier alpha value is -5.84. The number of rotatable bonds is 2. The predicted octanol–water partition coefficient (Wildman–Crippen LogP) is 16.1. The summed E-state index contributed by atoms with van der Waals surface area (Å²) in [6.07, 6.45) is 0. The Morgan fingerprint density at radius 2 is 0.957 bits per heavy atom. The quantitative estimate of drug-likeness (QED) is 0.159. The molecular weight excluding hydrogens is 852 g/mol. The Kier molecular flexibility index (Phi) is 9.11. The molecular formula is C65H67BN2S. The van der Waals surface area contributed by atoms with Gasteiger partial charge >= 0.3 is 0 Å². The van der Waals surface area contributed by atoms with Crippen LogP contribution in [0, 0.1) is 0 Å². The molecule has 1 aromatic heterocycles. The van der Waals surface area contributed by atoms with E-state index in [9.17, 15) is 0 Å². The first-order valence-electron chi connectivity index (χ1n) is 25.4. The number of benzene rings is 7. The van der Waals surface area contributed by atoms with Crippen molar-refractivity contribution in [3.63, 3.8) is 0 Å². The van der Waals surface area contributed by atoms with Gasteiger partial charge in [-0.1, -0.05) is 189 Å². The van der Waals surface area contributed by atoms with E-state index in [1.54, 1.807) is 0 Å². The highest BCUT2D eigenvalue weighted by molar-refractivity contribution is 7.33. The summed E-state index contributed by atoms with van der Waals surface area (Å²) in [5.41, 5.74) is 25.0. The van der Waals surface area contributed by atoms with Crippen LogP contribution in [-0.4, -0.2) is 6.71 Å². The van der Waals surface area contributed by atoms with Gasteiger partial charge in [0, 0.05) is 59.5 Å². The summed E-state index contributed by atoms with van der Waals surface area (Å²) in [7, 11) is 0. The molecule has 2 aliphatic heterocycles. The lowest BCUT2D eigenvalue weighted by molar-refractivity contribution is 0.522. The average Bonchev–Trinajstić information content (AvgIpc) is 3.77. The molecule has 0 unspecified atom stereocenters. The molecule has 346 valence electrons.